The Kier molecular flexibility index (Phi) is 3.29. The van der Waals surface area contributed by atoms with Crippen molar-refractivity contribution in [1.29, 1.82) is 0 Å². The number of nitrogens with zero attached hydrogens (tertiary/aromatic N) is 2. The fourth-order valence-electron chi connectivity index (χ4n) is 2.02. The van der Waals surface area contributed by atoms with Crippen LogP contribution >= 0.6 is 0 Å². The SMILES string of the molecule is Cc1nn(C)c(N)c1C(=O)c1ccccc1C(F)(F)F. The topological polar surface area (TPSA) is 60.9 Å². The number of hydrogen-bond donors (Lipinski definition) is 1. The average molecular weight is 283 g/mol. The van der Waals surface area contributed by atoms with Crippen LogP contribution in [0.5, 0.6) is 0 Å². The van der Waals surface area contributed by atoms with Crippen molar-refractivity contribution in [2.75, 3.05) is 5.73 Å². The van der Waals surface area contributed by atoms with Crippen molar-refractivity contribution in [1.82, 2.24) is 9.78 Å². The standard InChI is InChI=1S/C13H12F3N3O/c1-7-10(12(17)19(2)18-7)11(20)8-5-3-4-6-9(8)13(14,15)16/h3-6H,17H2,1-2H3. The minimum absolute atomic E-state index is 0.00389. The predicted octanol–water partition coefficient (Wildman–Crippen LogP) is 2.56. The molecule has 0 aliphatic heterocycles. The largest absolute Gasteiger partial charge is 0.417 e. The number of benzene rings is 1. The lowest BCUT2D eigenvalue weighted by Gasteiger charge is -2.11. The summed E-state index contributed by atoms with van der Waals surface area (Å²) in [6, 6.07) is 4.62. The van der Waals surface area contributed by atoms with E-state index in [0.29, 0.717) is 5.69 Å². The van der Waals surface area contributed by atoms with E-state index in [0.717, 1.165) is 12.1 Å². The summed E-state index contributed by atoms with van der Waals surface area (Å²) in [5.74, 6) is -0.731. The van der Waals surface area contributed by atoms with Gasteiger partial charge in [-0.05, 0) is 13.0 Å². The minimum Gasteiger partial charge on any atom is -0.383 e. The monoisotopic (exact) mass is 283 g/mol. The first-order valence-electron chi connectivity index (χ1n) is 5.73. The third-order valence-corrected chi connectivity index (χ3v) is 2.97. The normalized spacial score (nSPS) is 11.7. The first-order valence-corrected chi connectivity index (χ1v) is 5.73. The lowest BCUT2D eigenvalue weighted by atomic mass is 9.98. The van der Waals surface area contributed by atoms with Crippen molar-refractivity contribution in [2.45, 2.75) is 13.1 Å². The Balaban J connectivity index is 2.61. The molecule has 0 radical (unpaired) electrons. The molecule has 4 nitrogen and oxygen atoms in total. The highest BCUT2D eigenvalue weighted by molar-refractivity contribution is 6.13. The maximum Gasteiger partial charge on any atom is 0.417 e. The maximum absolute atomic E-state index is 12.9. The summed E-state index contributed by atoms with van der Waals surface area (Å²) < 4.78 is 40.0. The van der Waals surface area contributed by atoms with Gasteiger partial charge in [0.1, 0.15) is 5.82 Å². The Hall–Kier alpha value is -2.31. The van der Waals surface area contributed by atoms with Crippen molar-refractivity contribution < 1.29 is 18.0 Å². The molecule has 7 heteroatoms. The van der Waals surface area contributed by atoms with Crippen LogP contribution in [0.4, 0.5) is 19.0 Å². The Morgan fingerprint density at radius 3 is 2.40 bits per heavy atom. The number of hydrogen-bond acceptors (Lipinski definition) is 3. The second-order valence-corrected chi connectivity index (χ2v) is 4.34. The maximum atomic E-state index is 12.9. The van der Waals surface area contributed by atoms with E-state index in [4.69, 9.17) is 5.73 Å². The van der Waals surface area contributed by atoms with E-state index in [1.54, 1.807) is 0 Å². The van der Waals surface area contributed by atoms with Gasteiger partial charge in [0.25, 0.3) is 0 Å². The summed E-state index contributed by atoms with van der Waals surface area (Å²) in [4.78, 5) is 12.3. The zero-order valence-electron chi connectivity index (χ0n) is 10.8. The highest BCUT2D eigenvalue weighted by Crippen LogP contribution is 2.33. The van der Waals surface area contributed by atoms with Crippen LogP contribution < -0.4 is 5.73 Å². The first kappa shape index (κ1) is 14.1. The van der Waals surface area contributed by atoms with Gasteiger partial charge in [0.05, 0.1) is 16.8 Å². The summed E-state index contributed by atoms with van der Waals surface area (Å²) in [5, 5.41) is 3.94. The Bertz CT molecular complexity index is 674. The van der Waals surface area contributed by atoms with Crippen LogP contribution in [0.2, 0.25) is 0 Å². The Morgan fingerprint density at radius 2 is 1.90 bits per heavy atom. The number of alkyl halides is 3. The van der Waals surface area contributed by atoms with E-state index in [1.165, 1.54) is 30.8 Å². The molecule has 2 N–H and O–H groups in total. The molecule has 20 heavy (non-hydrogen) atoms. The molecule has 0 atom stereocenters. The van der Waals surface area contributed by atoms with Crippen LogP contribution in [-0.2, 0) is 13.2 Å². The Labute approximate surface area is 113 Å². The van der Waals surface area contributed by atoms with Crippen LogP contribution in [0.25, 0.3) is 0 Å². The number of nitrogen functional groups attached to an aromatic ring is 1. The van der Waals surface area contributed by atoms with Crippen molar-refractivity contribution in [3.63, 3.8) is 0 Å². The zero-order chi connectivity index (χ0) is 15.1. The zero-order valence-corrected chi connectivity index (χ0v) is 10.8. The highest BCUT2D eigenvalue weighted by atomic mass is 19.4. The van der Waals surface area contributed by atoms with Gasteiger partial charge in [-0.3, -0.25) is 9.48 Å². The summed E-state index contributed by atoms with van der Waals surface area (Å²) in [6.45, 7) is 1.53. The lowest BCUT2D eigenvalue weighted by molar-refractivity contribution is -0.137. The van der Waals surface area contributed by atoms with Gasteiger partial charge < -0.3 is 5.73 Å². The minimum atomic E-state index is -4.60. The van der Waals surface area contributed by atoms with Crippen molar-refractivity contribution in [3.05, 3.63) is 46.6 Å². The smallest absolute Gasteiger partial charge is 0.383 e. The van der Waals surface area contributed by atoms with Crippen molar-refractivity contribution >= 4 is 11.6 Å². The van der Waals surface area contributed by atoms with E-state index >= 15 is 0 Å². The molecule has 0 bridgehead atoms. The van der Waals surface area contributed by atoms with Gasteiger partial charge >= 0.3 is 6.18 Å². The Morgan fingerprint density at radius 1 is 1.30 bits per heavy atom. The molecule has 0 saturated heterocycles. The van der Waals surface area contributed by atoms with E-state index in [9.17, 15) is 18.0 Å². The number of aromatic nitrogens is 2. The molecule has 0 fully saturated rings. The van der Waals surface area contributed by atoms with Gasteiger partial charge in [0.15, 0.2) is 5.78 Å². The van der Waals surface area contributed by atoms with Crippen LogP contribution in [0.3, 0.4) is 0 Å². The molecular formula is C13H12F3N3O. The van der Waals surface area contributed by atoms with Gasteiger partial charge in [-0.25, -0.2) is 0 Å². The predicted molar refractivity (Wildman–Crippen MR) is 67.2 cm³/mol. The number of carbonyl (C=O) groups is 1. The van der Waals surface area contributed by atoms with Gasteiger partial charge in [0.2, 0.25) is 0 Å². The second-order valence-electron chi connectivity index (χ2n) is 4.34. The summed E-state index contributed by atoms with van der Waals surface area (Å²) in [5.41, 5.74) is 4.59. The summed E-state index contributed by atoms with van der Waals surface area (Å²) >= 11 is 0. The number of ketones is 1. The molecule has 0 unspecified atom stereocenters. The molecule has 2 rings (SSSR count). The van der Waals surface area contributed by atoms with Crippen LogP contribution in [0, 0.1) is 6.92 Å². The molecule has 0 spiro atoms. The molecule has 0 aliphatic rings. The van der Waals surface area contributed by atoms with E-state index < -0.39 is 23.1 Å². The summed E-state index contributed by atoms with van der Waals surface area (Å²) in [6.07, 6.45) is -4.60. The van der Waals surface area contributed by atoms with Gasteiger partial charge in [-0.1, -0.05) is 18.2 Å². The molecule has 0 aliphatic carbocycles. The number of rotatable bonds is 2. The fraction of sp³-hybridized carbons (Fsp3) is 0.231. The first-order chi connectivity index (χ1) is 9.23. The molecule has 2 aromatic rings. The van der Waals surface area contributed by atoms with Crippen LogP contribution in [0.15, 0.2) is 24.3 Å². The molecule has 1 aromatic carbocycles. The van der Waals surface area contributed by atoms with Crippen LogP contribution in [0.1, 0.15) is 27.2 Å². The van der Waals surface area contributed by atoms with Crippen molar-refractivity contribution in [2.24, 2.45) is 7.05 Å². The molecule has 106 valence electrons. The molecule has 1 heterocycles. The van der Waals surface area contributed by atoms with Gasteiger partial charge in [-0.2, -0.15) is 18.3 Å². The van der Waals surface area contributed by atoms with E-state index in [1.807, 2.05) is 0 Å². The second kappa shape index (κ2) is 4.66. The van der Waals surface area contributed by atoms with E-state index in [-0.39, 0.29) is 11.4 Å². The van der Waals surface area contributed by atoms with Crippen LogP contribution in [-0.4, -0.2) is 15.6 Å². The number of halogens is 3. The fourth-order valence-corrected chi connectivity index (χ4v) is 2.02. The molecule has 0 saturated carbocycles. The molecule has 0 amide bonds. The van der Waals surface area contributed by atoms with Gasteiger partial charge in [-0.15, -0.1) is 0 Å². The third-order valence-electron chi connectivity index (χ3n) is 2.97. The highest BCUT2D eigenvalue weighted by Gasteiger charge is 2.36. The molecule has 1 aromatic heterocycles. The number of carbonyl (C=O) groups excluding carboxylic acids is 1. The number of nitrogens with two attached hydrogens (primary N) is 1. The number of anilines is 1. The lowest BCUT2D eigenvalue weighted by Crippen LogP contribution is -2.15. The quantitative estimate of drug-likeness (QED) is 0.862. The van der Waals surface area contributed by atoms with E-state index in [2.05, 4.69) is 5.10 Å². The van der Waals surface area contributed by atoms with Crippen molar-refractivity contribution in [3.8, 4) is 0 Å². The number of aryl methyl sites for hydroxylation is 2. The van der Waals surface area contributed by atoms with Gasteiger partial charge in [0, 0.05) is 12.6 Å². The molecular weight excluding hydrogens is 271 g/mol. The summed E-state index contributed by atoms with van der Waals surface area (Å²) in [7, 11) is 1.52. The average Bonchev–Trinajstić information content (AvgIpc) is 2.61. The third kappa shape index (κ3) is 2.26.